The lowest BCUT2D eigenvalue weighted by atomic mass is 10.1. The highest BCUT2D eigenvalue weighted by Gasteiger charge is 2.23. The first-order chi connectivity index (χ1) is 12.2. The summed E-state index contributed by atoms with van der Waals surface area (Å²) in [6.07, 6.45) is 0.888. The van der Waals surface area contributed by atoms with E-state index in [2.05, 4.69) is 10.1 Å². The van der Waals surface area contributed by atoms with Crippen molar-refractivity contribution in [3.63, 3.8) is 0 Å². The van der Waals surface area contributed by atoms with Crippen LogP contribution in [-0.4, -0.2) is 33.6 Å². The number of nitrogens with zero attached hydrogens (tertiary/aromatic N) is 3. The minimum Gasteiger partial charge on any atom is -0.496 e. The van der Waals surface area contributed by atoms with Gasteiger partial charge in [-0.15, -0.1) is 0 Å². The maximum Gasteiger partial charge on any atom is 0.435 e. The second kappa shape index (κ2) is 6.82. The van der Waals surface area contributed by atoms with Crippen molar-refractivity contribution in [3.05, 3.63) is 40.0 Å². The summed E-state index contributed by atoms with van der Waals surface area (Å²) in [5.41, 5.74) is 0.504. The summed E-state index contributed by atoms with van der Waals surface area (Å²) in [6, 6.07) is 6.27. The van der Waals surface area contributed by atoms with Gasteiger partial charge in [-0.05, 0) is 61.6 Å². The molecule has 3 aromatic rings. The predicted octanol–water partition coefficient (Wildman–Crippen LogP) is 4.63. The van der Waals surface area contributed by atoms with E-state index in [1.54, 1.807) is 39.0 Å². The highest BCUT2D eigenvalue weighted by molar-refractivity contribution is 14.1. The first-order valence-electron chi connectivity index (χ1n) is 7.82. The van der Waals surface area contributed by atoms with E-state index in [0.717, 1.165) is 4.68 Å². The van der Waals surface area contributed by atoms with Crippen molar-refractivity contribution < 1.29 is 18.7 Å². The quantitative estimate of drug-likeness (QED) is 0.512. The van der Waals surface area contributed by atoms with E-state index in [9.17, 15) is 9.18 Å². The molecular weight excluding hydrogens is 452 g/mol. The summed E-state index contributed by atoms with van der Waals surface area (Å²) >= 11 is 2.02. The van der Waals surface area contributed by atoms with Gasteiger partial charge in [-0.3, -0.25) is 4.98 Å². The number of methoxy groups -OCH3 is 1. The number of carbonyl (C=O) groups excluding carboxylic acids is 1. The third-order valence-electron chi connectivity index (χ3n) is 3.54. The zero-order valence-electron chi connectivity index (χ0n) is 14.7. The van der Waals surface area contributed by atoms with Gasteiger partial charge in [0.15, 0.2) is 0 Å². The van der Waals surface area contributed by atoms with Crippen LogP contribution in [0.5, 0.6) is 5.75 Å². The van der Waals surface area contributed by atoms with E-state index in [1.165, 1.54) is 19.4 Å². The van der Waals surface area contributed by atoms with Gasteiger partial charge in [0.1, 0.15) is 26.4 Å². The number of aromatic nitrogens is 3. The first kappa shape index (κ1) is 18.6. The molecule has 0 amide bonds. The molecule has 0 bridgehead atoms. The Balaban J connectivity index is 2.12. The van der Waals surface area contributed by atoms with E-state index in [-0.39, 0.29) is 5.56 Å². The Labute approximate surface area is 163 Å². The third kappa shape index (κ3) is 3.50. The molecule has 2 heterocycles. The van der Waals surface area contributed by atoms with Crippen LogP contribution in [0.4, 0.5) is 9.18 Å². The fourth-order valence-corrected chi connectivity index (χ4v) is 3.13. The van der Waals surface area contributed by atoms with E-state index in [4.69, 9.17) is 9.47 Å². The van der Waals surface area contributed by atoms with E-state index in [0.29, 0.717) is 26.0 Å². The molecule has 0 saturated heterocycles. The molecule has 6 nitrogen and oxygen atoms in total. The summed E-state index contributed by atoms with van der Waals surface area (Å²) in [5, 5.41) is 4.91. The fourth-order valence-electron chi connectivity index (χ4n) is 2.48. The second-order valence-electron chi connectivity index (χ2n) is 6.59. The number of benzene rings is 1. The number of halogens is 2. The number of ether oxygens (including phenoxy) is 2. The maximum absolute atomic E-state index is 14.3. The molecule has 0 radical (unpaired) electrons. The monoisotopic (exact) mass is 469 g/mol. The van der Waals surface area contributed by atoms with Crippen LogP contribution in [0.3, 0.4) is 0 Å². The Morgan fingerprint density at radius 2 is 2.04 bits per heavy atom. The topological polar surface area (TPSA) is 66.2 Å². The smallest absolute Gasteiger partial charge is 0.435 e. The van der Waals surface area contributed by atoms with Crippen molar-refractivity contribution in [2.45, 2.75) is 26.4 Å². The zero-order valence-corrected chi connectivity index (χ0v) is 16.9. The minimum absolute atomic E-state index is 0.262. The van der Waals surface area contributed by atoms with Crippen LogP contribution in [0.2, 0.25) is 0 Å². The molecule has 26 heavy (non-hydrogen) atoms. The van der Waals surface area contributed by atoms with Gasteiger partial charge in [0.25, 0.3) is 0 Å². The molecule has 2 aromatic heterocycles. The molecule has 1 aromatic carbocycles. The fraction of sp³-hybridized carbons (Fsp3) is 0.278. The van der Waals surface area contributed by atoms with E-state index < -0.39 is 17.5 Å². The molecule has 0 aliphatic rings. The molecule has 0 spiro atoms. The van der Waals surface area contributed by atoms with Gasteiger partial charge < -0.3 is 9.47 Å². The summed E-state index contributed by atoms with van der Waals surface area (Å²) in [6.45, 7) is 5.34. The lowest BCUT2D eigenvalue weighted by Gasteiger charge is -2.19. The highest BCUT2D eigenvalue weighted by atomic mass is 127. The predicted molar refractivity (Wildman–Crippen MR) is 104 cm³/mol. The Morgan fingerprint density at radius 1 is 1.31 bits per heavy atom. The van der Waals surface area contributed by atoms with Crippen molar-refractivity contribution >= 4 is 39.6 Å². The molecule has 0 fully saturated rings. The molecule has 0 aliphatic carbocycles. The van der Waals surface area contributed by atoms with Crippen LogP contribution in [0.25, 0.3) is 22.2 Å². The molecule has 8 heteroatoms. The number of hydrogen-bond acceptors (Lipinski definition) is 5. The van der Waals surface area contributed by atoms with Crippen molar-refractivity contribution in [1.29, 1.82) is 0 Å². The average Bonchev–Trinajstić information content (AvgIpc) is 2.89. The third-order valence-corrected chi connectivity index (χ3v) is 4.34. The molecule has 0 atom stereocenters. The zero-order chi connectivity index (χ0) is 19.1. The number of fused-ring (bicyclic) bond motifs is 1. The number of pyridine rings is 1. The standard InChI is InChI=1S/C18H17FIN3O3/c1-18(2,3)26-17(24)23-13-9-21-12(8-10(13)16(20)22-23)15-11(19)6-5-7-14(15)25-4/h5-9H,1-4H3. The largest absolute Gasteiger partial charge is 0.496 e. The van der Waals surface area contributed by atoms with Gasteiger partial charge in [0.05, 0.1) is 24.6 Å². The second-order valence-corrected chi connectivity index (χ2v) is 7.61. The number of hydrogen-bond donors (Lipinski definition) is 0. The summed E-state index contributed by atoms with van der Waals surface area (Å²) < 4.78 is 26.7. The van der Waals surface area contributed by atoms with Gasteiger partial charge in [-0.25, -0.2) is 9.18 Å². The van der Waals surface area contributed by atoms with Gasteiger partial charge in [-0.2, -0.15) is 9.78 Å². The van der Waals surface area contributed by atoms with Crippen LogP contribution in [-0.2, 0) is 4.74 Å². The van der Waals surface area contributed by atoms with Crippen molar-refractivity contribution in [2.75, 3.05) is 7.11 Å². The molecule has 0 N–H and O–H groups in total. The van der Waals surface area contributed by atoms with E-state index in [1.807, 2.05) is 22.6 Å². The molecule has 3 rings (SSSR count). The summed E-state index contributed by atoms with van der Waals surface area (Å²) in [7, 11) is 1.47. The highest BCUT2D eigenvalue weighted by Crippen LogP contribution is 2.33. The van der Waals surface area contributed by atoms with Gasteiger partial charge in [0.2, 0.25) is 0 Å². The van der Waals surface area contributed by atoms with Crippen LogP contribution in [0.15, 0.2) is 30.5 Å². The SMILES string of the molecule is COc1cccc(F)c1-c1cc2c(I)nn(C(=O)OC(C)(C)C)c2cn1. The molecule has 0 saturated carbocycles. The minimum atomic E-state index is -0.644. The molecule has 0 aliphatic heterocycles. The molecule has 136 valence electrons. The average molecular weight is 469 g/mol. The lowest BCUT2D eigenvalue weighted by molar-refractivity contribution is 0.0522. The van der Waals surface area contributed by atoms with Crippen LogP contribution >= 0.6 is 22.6 Å². The number of rotatable bonds is 2. The van der Waals surface area contributed by atoms with Crippen LogP contribution in [0, 0.1) is 9.52 Å². The van der Waals surface area contributed by atoms with Gasteiger partial charge >= 0.3 is 6.09 Å². The Morgan fingerprint density at radius 3 is 2.69 bits per heavy atom. The number of carbonyl (C=O) groups is 1. The Kier molecular flexibility index (Phi) is 4.87. The van der Waals surface area contributed by atoms with Gasteiger partial charge in [0, 0.05) is 5.39 Å². The van der Waals surface area contributed by atoms with Crippen molar-refractivity contribution in [3.8, 4) is 17.0 Å². The Bertz CT molecular complexity index is 995. The maximum atomic E-state index is 14.3. The van der Waals surface area contributed by atoms with Crippen molar-refractivity contribution in [1.82, 2.24) is 14.8 Å². The van der Waals surface area contributed by atoms with Crippen LogP contribution in [0.1, 0.15) is 20.8 Å². The van der Waals surface area contributed by atoms with Crippen molar-refractivity contribution in [2.24, 2.45) is 0 Å². The van der Waals surface area contributed by atoms with E-state index >= 15 is 0 Å². The summed E-state index contributed by atoms with van der Waals surface area (Å²) in [5.74, 6) is -0.0582. The van der Waals surface area contributed by atoms with Crippen LogP contribution < -0.4 is 4.74 Å². The molecular formula is C18H17FIN3O3. The van der Waals surface area contributed by atoms with Gasteiger partial charge in [-0.1, -0.05) is 6.07 Å². The Hall–Kier alpha value is -2.23. The molecule has 0 unspecified atom stereocenters. The lowest BCUT2D eigenvalue weighted by Crippen LogP contribution is -2.27. The summed E-state index contributed by atoms with van der Waals surface area (Å²) in [4.78, 5) is 16.7. The first-order valence-corrected chi connectivity index (χ1v) is 8.89. The normalized spacial score (nSPS) is 11.6.